The van der Waals surface area contributed by atoms with Gasteiger partial charge in [0.1, 0.15) is 0 Å². The van der Waals surface area contributed by atoms with Gasteiger partial charge in [-0.1, -0.05) is 24.1 Å². The molecule has 1 N–H and O–H groups in total. The second-order valence-electron chi connectivity index (χ2n) is 7.90. The van der Waals surface area contributed by atoms with E-state index in [1.807, 2.05) is 0 Å². The van der Waals surface area contributed by atoms with Crippen LogP contribution in [0.4, 0.5) is 0 Å². The first-order chi connectivity index (χ1) is 12.0. The summed E-state index contributed by atoms with van der Waals surface area (Å²) in [7, 11) is 0. The SMILES string of the molecule is Cc1cc(CN2CCNC(=O)CC2)c(C)c(CN2CCCC[C@H]2C)c1. The predicted molar refractivity (Wildman–Crippen MR) is 103 cm³/mol. The van der Waals surface area contributed by atoms with E-state index < -0.39 is 0 Å². The number of aryl methyl sites for hydroxylation is 1. The number of nitrogens with one attached hydrogen (secondary N) is 1. The smallest absolute Gasteiger partial charge is 0.221 e. The van der Waals surface area contributed by atoms with Crippen molar-refractivity contribution >= 4 is 5.91 Å². The van der Waals surface area contributed by atoms with E-state index in [2.05, 4.69) is 48.0 Å². The highest BCUT2D eigenvalue weighted by molar-refractivity contribution is 5.76. The second-order valence-corrected chi connectivity index (χ2v) is 7.90. The van der Waals surface area contributed by atoms with E-state index in [-0.39, 0.29) is 5.91 Å². The molecule has 0 bridgehead atoms. The van der Waals surface area contributed by atoms with Crippen LogP contribution in [0.2, 0.25) is 0 Å². The number of carbonyl (C=O) groups is 1. The second kappa shape index (κ2) is 8.33. The highest BCUT2D eigenvalue weighted by Crippen LogP contribution is 2.24. The quantitative estimate of drug-likeness (QED) is 0.913. The number of piperidine rings is 1. The van der Waals surface area contributed by atoms with Crippen molar-refractivity contribution in [3.63, 3.8) is 0 Å². The maximum atomic E-state index is 11.6. The van der Waals surface area contributed by atoms with Crippen molar-refractivity contribution < 1.29 is 4.79 Å². The highest BCUT2D eigenvalue weighted by Gasteiger charge is 2.20. The molecule has 2 saturated heterocycles. The van der Waals surface area contributed by atoms with Gasteiger partial charge in [0, 0.05) is 45.2 Å². The standard InChI is InChI=1S/C21H33N3O/c1-16-12-19(14-23-10-7-21(25)22-8-11-23)18(3)20(13-16)15-24-9-5-4-6-17(24)2/h12-13,17H,4-11,14-15H2,1-3H3,(H,22,25)/t17-/m1/s1. The Morgan fingerprint density at radius 3 is 2.60 bits per heavy atom. The van der Waals surface area contributed by atoms with Gasteiger partial charge in [-0.25, -0.2) is 0 Å². The summed E-state index contributed by atoms with van der Waals surface area (Å²) in [6.45, 7) is 12.7. The summed E-state index contributed by atoms with van der Waals surface area (Å²) in [4.78, 5) is 16.6. The third-order valence-electron chi connectivity index (χ3n) is 5.88. The summed E-state index contributed by atoms with van der Waals surface area (Å²) in [5.41, 5.74) is 5.69. The third kappa shape index (κ3) is 4.83. The van der Waals surface area contributed by atoms with Crippen LogP contribution in [0, 0.1) is 13.8 Å². The lowest BCUT2D eigenvalue weighted by Crippen LogP contribution is -2.37. The summed E-state index contributed by atoms with van der Waals surface area (Å²) < 4.78 is 0. The molecule has 0 saturated carbocycles. The van der Waals surface area contributed by atoms with Crippen LogP contribution in [-0.2, 0) is 17.9 Å². The van der Waals surface area contributed by atoms with Gasteiger partial charge in [-0.15, -0.1) is 0 Å². The minimum absolute atomic E-state index is 0.184. The fraction of sp³-hybridized carbons (Fsp3) is 0.667. The van der Waals surface area contributed by atoms with Crippen LogP contribution in [0.5, 0.6) is 0 Å². The van der Waals surface area contributed by atoms with E-state index in [1.54, 1.807) is 0 Å². The number of benzene rings is 1. The van der Waals surface area contributed by atoms with Crippen LogP contribution >= 0.6 is 0 Å². The molecule has 3 rings (SSSR count). The van der Waals surface area contributed by atoms with Crippen molar-refractivity contribution in [2.24, 2.45) is 0 Å². The molecular formula is C21H33N3O. The summed E-state index contributed by atoms with van der Waals surface area (Å²) >= 11 is 0. The Kier molecular flexibility index (Phi) is 6.13. The minimum Gasteiger partial charge on any atom is -0.355 e. The topological polar surface area (TPSA) is 35.6 Å². The fourth-order valence-electron chi connectivity index (χ4n) is 4.17. The molecule has 0 aromatic heterocycles. The van der Waals surface area contributed by atoms with Crippen molar-refractivity contribution in [2.75, 3.05) is 26.2 Å². The molecule has 1 atom stereocenters. The lowest BCUT2D eigenvalue weighted by molar-refractivity contribution is -0.120. The van der Waals surface area contributed by atoms with Crippen molar-refractivity contribution in [3.8, 4) is 0 Å². The molecular weight excluding hydrogens is 310 g/mol. The molecule has 0 radical (unpaired) electrons. The molecule has 1 aromatic rings. The van der Waals surface area contributed by atoms with Gasteiger partial charge < -0.3 is 5.32 Å². The number of hydrogen-bond donors (Lipinski definition) is 1. The zero-order valence-corrected chi connectivity index (χ0v) is 16.1. The van der Waals surface area contributed by atoms with Crippen LogP contribution in [0.1, 0.15) is 54.9 Å². The zero-order chi connectivity index (χ0) is 17.8. The molecule has 2 aliphatic rings. The Morgan fingerprint density at radius 2 is 1.84 bits per heavy atom. The minimum atomic E-state index is 0.184. The van der Waals surface area contributed by atoms with E-state index in [0.29, 0.717) is 12.5 Å². The maximum Gasteiger partial charge on any atom is 0.221 e. The third-order valence-corrected chi connectivity index (χ3v) is 5.88. The number of hydrogen-bond acceptors (Lipinski definition) is 3. The van der Waals surface area contributed by atoms with Gasteiger partial charge in [0.05, 0.1) is 0 Å². The maximum absolute atomic E-state index is 11.6. The van der Waals surface area contributed by atoms with Crippen molar-refractivity contribution in [2.45, 2.75) is 65.6 Å². The molecule has 0 spiro atoms. The number of likely N-dealkylation sites (tertiary alicyclic amines) is 1. The van der Waals surface area contributed by atoms with Gasteiger partial charge in [-0.2, -0.15) is 0 Å². The Bertz CT molecular complexity index is 613. The Hall–Kier alpha value is -1.39. The number of rotatable bonds is 4. The van der Waals surface area contributed by atoms with Crippen LogP contribution in [-0.4, -0.2) is 47.9 Å². The molecule has 138 valence electrons. The van der Waals surface area contributed by atoms with Crippen molar-refractivity contribution in [3.05, 3.63) is 34.4 Å². The Labute approximate surface area is 152 Å². The van der Waals surface area contributed by atoms with E-state index >= 15 is 0 Å². The predicted octanol–water partition coefficient (Wildman–Crippen LogP) is 3.00. The fourth-order valence-corrected chi connectivity index (χ4v) is 4.17. The van der Waals surface area contributed by atoms with Crippen LogP contribution in [0.3, 0.4) is 0 Å². The number of amides is 1. The molecule has 1 amide bonds. The van der Waals surface area contributed by atoms with E-state index in [1.165, 1.54) is 48.1 Å². The summed E-state index contributed by atoms with van der Waals surface area (Å²) in [6.07, 6.45) is 4.64. The van der Waals surface area contributed by atoms with Crippen LogP contribution in [0.15, 0.2) is 12.1 Å². The van der Waals surface area contributed by atoms with Crippen molar-refractivity contribution in [1.29, 1.82) is 0 Å². The molecule has 2 fully saturated rings. The molecule has 0 aliphatic carbocycles. The first-order valence-corrected chi connectivity index (χ1v) is 9.85. The average molecular weight is 344 g/mol. The van der Waals surface area contributed by atoms with E-state index in [4.69, 9.17) is 0 Å². The van der Waals surface area contributed by atoms with Gasteiger partial charge in [-0.05, 0) is 56.8 Å². The Morgan fingerprint density at radius 1 is 1.08 bits per heavy atom. The largest absolute Gasteiger partial charge is 0.355 e. The first kappa shape index (κ1) is 18.4. The Balaban J connectivity index is 1.73. The zero-order valence-electron chi connectivity index (χ0n) is 16.1. The van der Waals surface area contributed by atoms with Gasteiger partial charge in [0.15, 0.2) is 0 Å². The molecule has 1 aromatic carbocycles. The summed E-state index contributed by atoms with van der Waals surface area (Å²) in [5.74, 6) is 0.184. The molecule has 4 nitrogen and oxygen atoms in total. The van der Waals surface area contributed by atoms with Gasteiger partial charge >= 0.3 is 0 Å². The summed E-state index contributed by atoms with van der Waals surface area (Å²) in [6, 6.07) is 5.39. The monoisotopic (exact) mass is 343 g/mol. The first-order valence-electron chi connectivity index (χ1n) is 9.85. The number of carbonyl (C=O) groups excluding carboxylic acids is 1. The molecule has 2 heterocycles. The normalized spacial score (nSPS) is 23.3. The molecule has 4 heteroatoms. The van der Waals surface area contributed by atoms with Gasteiger partial charge in [0.25, 0.3) is 0 Å². The van der Waals surface area contributed by atoms with Crippen LogP contribution in [0.25, 0.3) is 0 Å². The number of nitrogens with zero attached hydrogens (tertiary/aromatic N) is 2. The molecule has 25 heavy (non-hydrogen) atoms. The van der Waals surface area contributed by atoms with Crippen LogP contribution < -0.4 is 5.32 Å². The lowest BCUT2D eigenvalue weighted by Gasteiger charge is -2.34. The summed E-state index contributed by atoms with van der Waals surface area (Å²) in [5, 5.41) is 2.97. The average Bonchev–Trinajstić information content (AvgIpc) is 2.78. The van der Waals surface area contributed by atoms with Gasteiger partial charge in [-0.3, -0.25) is 14.6 Å². The molecule has 2 aliphatic heterocycles. The van der Waals surface area contributed by atoms with E-state index in [9.17, 15) is 4.79 Å². The van der Waals surface area contributed by atoms with Crippen molar-refractivity contribution in [1.82, 2.24) is 15.1 Å². The molecule has 0 unspecified atom stereocenters. The lowest BCUT2D eigenvalue weighted by atomic mass is 9.96. The van der Waals surface area contributed by atoms with E-state index in [0.717, 1.165) is 32.7 Å². The highest BCUT2D eigenvalue weighted by atomic mass is 16.1. The van der Waals surface area contributed by atoms with Gasteiger partial charge in [0.2, 0.25) is 5.91 Å².